The number of carbonyl (C=O) groups is 6. The summed E-state index contributed by atoms with van der Waals surface area (Å²) in [7, 11) is 0. The smallest absolute Gasteiger partial charge is 0.338 e. The molecule has 0 aliphatic heterocycles. The van der Waals surface area contributed by atoms with Gasteiger partial charge in [0.2, 0.25) is 0 Å². The summed E-state index contributed by atoms with van der Waals surface area (Å²) in [4.78, 5) is 72.2. The molecule has 0 N–H and O–H groups in total. The van der Waals surface area contributed by atoms with E-state index < -0.39 is 35.8 Å². The van der Waals surface area contributed by atoms with Crippen LogP contribution in [-0.4, -0.2) is 35.8 Å². The minimum absolute atomic E-state index is 0.0749. The van der Waals surface area contributed by atoms with Crippen molar-refractivity contribution >= 4 is 47.0 Å². The first-order valence-corrected chi connectivity index (χ1v) is 21.5. The fraction of sp³-hybridized carbons (Fsp3) is 0.193. The lowest BCUT2D eigenvalue weighted by Crippen LogP contribution is -2.13. The van der Waals surface area contributed by atoms with E-state index in [1.165, 1.54) is 27.7 Å². The molecule has 0 bridgehead atoms. The molecule has 4 rings (SSSR count). The maximum atomic E-state index is 12.3. The van der Waals surface area contributed by atoms with E-state index in [-0.39, 0.29) is 45.3 Å². The Balaban J connectivity index is 0.000000365. The summed E-state index contributed by atoms with van der Waals surface area (Å²) >= 11 is 0. The number of rotatable bonds is 17. The molecule has 0 saturated carbocycles. The van der Waals surface area contributed by atoms with Gasteiger partial charge in [-0.05, 0) is 151 Å². The van der Waals surface area contributed by atoms with Crippen LogP contribution >= 0.6 is 0 Å². The maximum absolute atomic E-state index is 12.3. The van der Waals surface area contributed by atoms with Crippen molar-refractivity contribution in [2.75, 3.05) is 0 Å². The molecule has 0 spiro atoms. The van der Waals surface area contributed by atoms with Crippen molar-refractivity contribution in [2.24, 2.45) is 0 Å². The summed E-state index contributed by atoms with van der Waals surface area (Å²) in [5.41, 5.74) is 8.43. The fourth-order valence-electron chi connectivity index (χ4n) is 5.75. The highest BCUT2D eigenvalue weighted by Gasteiger charge is 2.21. The van der Waals surface area contributed by atoms with Crippen molar-refractivity contribution in [3.63, 3.8) is 0 Å². The van der Waals surface area contributed by atoms with Crippen LogP contribution < -0.4 is 28.4 Å². The van der Waals surface area contributed by atoms with Crippen LogP contribution in [0.2, 0.25) is 0 Å². The van der Waals surface area contributed by atoms with Crippen LogP contribution in [0.5, 0.6) is 34.5 Å². The van der Waals surface area contributed by atoms with Crippen molar-refractivity contribution in [2.45, 2.75) is 75.7 Å². The number of esters is 6. The molecular formula is C57H58O12. The molecule has 4 aromatic carbocycles. The lowest BCUT2D eigenvalue weighted by molar-refractivity contribution is -0.132. The zero-order valence-corrected chi connectivity index (χ0v) is 40.9. The topological polar surface area (TPSA) is 158 Å². The molecule has 0 radical (unpaired) electrons. The predicted octanol–water partition coefficient (Wildman–Crippen LogP) is 12.3. The number of hydrogen-bond donors (Lipinski definition) is 0. The molecule has 0 aromatic heterocycles. The predicted molar refractivity (Wildman–Crippen MR) is 268 cm³/mol. The van der Waals surface area contributed by atoms with Gasteiger partial charge in [-0.25, -0.2) is 28.8 Å². The average molecular weight is 935 g/mol. The van der Waals surface area contributed by atoms with Gasteiger partial charge < -0.3 is 28.4 Å². The van der Waals surface area contributed by atoms with E-state index in [4.69, 9.17) is 28.4 Å². The van der Waals surface area contributed by atoms with Gasteiger partial charge in [-0.15, -0.1) is 0 Å². The van der Waals surface area contributed by atoms with Gasteiger partial charge in [-0.3, -0.25) is 0 Å². The standard InChI is InChI=1S/C29H30O6.C28H28O6/c1-9-20(8)26(21-10-13-23(14-11-21)33-27(30)17(2)3)22-12-15-24(34-28(31)18(4)5)25(16-22)35-29(32)19(6)7;1-16(2)25(20-9-12-22(13-10-20)32-26(29)17(3)4)21-11-14-23(33-27(30)18(5)6)24(15-21)34-28(31)19(7)8/h10-16H,2,4,6,9H2,1,3,5,7-8H3;9-15H,3,5,7H2,1-2,4,6,8H3/b26-20-;. The van der Waals surface area contributed by atoms with E-state index in [1.54, 1.807) is 74.5 Å². The lowest BCUT2D eigenvalue weighted by Gasteiger charge is -2.16. The highest BCUT2D eigenvalue weighted by Crippen LogP contribution is 2.38. The molecule has 0 heterocycles. The molecule has 0 amide bonds. The van der Waals surface area contributed by atoms with Crippen LogP contribution in [0.3, 0.4) is 0 Å². The van der Waals surface area contributed by atoms with Gasteiger partial charge in [0.05, 0.1) is 0 Å². The molecular weight excluding hydrogens is 877 g/mol. The van der Waals surface area contributed by atoms with Crippen molar-refractivity contribution in [1.29, 1.82) is 0 Å². The van der Waals surface area contributed by atoms with E-state index in [0.29, 0.717) is 22.6 Å². The van der Waals surface area contributed by atoms with Crippen LogP contribution in [0, 0.1) is 0 Å². The molecule has 0 aliphatic carbocycles. The quantitative estimate of drug-likeness (QED) is 0.0561. The van der Waals surface area contributed by atoms with E-state index in [9.17, 15) is 28.8 Å². The van der Waals surface area contributed by atoms with Crippen LogP contribution in [-0.2, 0) is 28.8 Å². The van der Waals surface area contributed by atoms with Gasteiger partial charge in [-0.1, -0.05) is 93.9 Å². The third-order valence-electron chi connectivity index (χ3n) is 9.53. The summed E-state index contributed by atoms with van der Waals surface area (Å²) in [5.74, 6) is -2.44. The molecule has 12 nitrogen and oxygen atoms in total. The summed E-state index contributed by atoms with van der Waals surface area (Å²) in [5, 5.41) is 0. The van der Waals surface area contributed by atoms with Gasteiger partial charge in [0.15, 0.2) is 23.0 Å². The Labute approximate surface area is 404 Å². The molecule has 0 saturated heterocycles. The number of carbonyl (C=O) groups excluding carboxylic acids is 6. The number of hydrogen-bond acceptors (Lipinski definition) is 12. The Morgan fingerprint density at radius 1 is 0.348 bits per heavy atom. The third kappa shape index (κ3) is 15.9. The van der Waals surface area contributed by atoms with Crippen molar-refractivity contribution < 1.29 is 57.2 Å². The minimum atomic E-state index is -0.646. The highest BCUT2D eigenvalue weighted by atomic mass is 16.6. The first-order chi connectivity index (χ1) is 32.3. The number of benzene rings is 4. The third-order valence-corrected chi connectivity index (χ3v) is 9.53. The van der Waals surface area contributed by atoms with Gasteiger partial charge >= 0.3 is 35.8 Å². The SMILES string of the molecule is C=C(C)C(=O)Oc1ccc(/C(=C(\C)CC)c2ccc(OC(=O)C(=C)C)c(OC(=O)C(=C)C)c2)cc1.C=C(C)C(=O)Oc1ccc(C(=C(C)C)c2ccc(OC(=O)C(=C)C)c(OC(=O)C(=C)C)c2)cc1. The van der Waals surface area contributed by atoms with Crippen LogP contribution in [0.25, 0.3) is 11.1 Å². The molecule has 12 heteroatoms. The van der Waals surface area contributed by atoms with Crippen molar-refractivity contribution in [3.8, 4) is 34.5 Å². The largest absolute Gasteiger partial charge is 0.423 e. The molecule has 0 unspecified atom stereocenters. The Morgan fingerprint density at radius 3 is 0.899 bits per heavy atom. The van der Waals surface area contributed by atoms with Crippen LogP contribution in [0.15, 0.2) is 169 Å². The number of allylic oxidation sites excluding steroid dienone is 2. The Morgan fingerprint density at radius 2 is 0.609 bits per heavy atom. The fourth-order valence-corrected chi connectivity index (χ4v) is 5.75. The van der Waals surface area contributed by atoms with E-state index in [1.807, 2.05) is 52.0 Å². The second-order valence-electron chi connectivity index (χ2n) is 16.3. The van der Waals surface area contributed by atoms with E-state index >= 15 is 0 Å². The zero-order chi connectivity index (χ0) is 51.9. The molecule has 0 fully saturated rings. The Hall–Kier alpha value is -8.38. The van der Waals surface area contributed by atoms with Gasteiger partial charge in [-0.2, -0.15) is 0 Å². The van der Waals surface area contributed by atoms with Gasteiger partial charge in [0, 0.05) is 33.4 Å². The van der Waals surface area contributed by atoms with Crippen LogP contribution in [0.1, 0.15) is 97.9 Å². The second kappa shape index (κ2) is 24.9. The summed E-state index contributed by atoms with van der Waals surface area (Å²) < 4.78 is 32.2. The maximum Gasteiger partial charge on any atom is 0.338 e. The molecule has 0 atom stereocenters. The number of ether oxygens (including phenoxy) is 6. The van der Waals surface area contributed by atoms with Crippen molar-refractivity contribution in [3.05, 3.63) is 191 Å². The molecule has 69 heavy (non-hydrogen) atoms. The second-order valence-corrected chi connectivity index (χ2v) is 16.3. The van der Waals surface area contributed by atoms with E-state index in [0.717, 1.165) is 51.0 Å². The molecule has 0 aliphatic rings. The Kier molecular flexibility index (Phi) is 19.9. The minimum Gasteiger partial charge on any atom is -0.423 e. The average Bonchev–Trinajstić information content (AvgIpc) is 3.28. The first-order valence-electron chi connectivity index (χ1n) is 21.5. The van der Waals surface area contributed by atoms with E-state index in [2.05, 4.69) is 39.5 Å². The molecule has 358 valence electrons. The highest BCUT2D eigenvalue weighted by molar-refractivity contribution is 5.94. The van der Waals surface area contributed by atoms with Crippen molar-refractivity contribution in [1.82, 2.24) is 0 Å². The summed E-state index contributed by atoms with van der Waals surface area (Å²) in [6, 6.07) is 24.0. The lowest BCUT2D eigenvalue weighted by atomic mass is 9.92. The summed E-state index contributed by atoms with van der Waals surface area (Å²) in [6.07, 6.45) is 0.759. The zero-order valence-electron chi connectivity index (χ0n) is 40.9. The van der Waals surface area contributed by atoms with Crippen LogP contribution in [0.4, 0.5) is 0 Å². The summed E-state index contributed by atoms with van der Waals surface area (Å²) in [6.45, 7) is 38.7. The molecule has 4 aromatic rings. The monoisotopic (exact) mass is 934 g/mol. The van der Waals surface area contributed by atoms with Gasteiger partial charge in [0.1, 0.15) is 11.5 Å². The first kappa shape index (κ1) is 55.0. The van der Waals surface area contributed by atoms with Gasteiger partial charge in [0.25, 0.3) is 0 Å². The normalized spacial score (nSPS) is 10.6. The Bertz CT molecular complexity index is 2820.